The Bertz CT molecular complexity index is 346. The maximum absolute atomic E-state index is 5.89. The van der Waals surface area contributed by atoms with Crippen molar-refractivity contribution in [1.82, 2.24) is 0 Å². The van der Waals surface area contributed by atoms with E-state index in [1.54, 1.807) is 0 Å². The van der Waals surface area contributed by atoms with Gasteiger partial charge in [0.15, 0.2) is 0 Å². The Labute approximate surface area is 102 Å². The fourth-order valence-electron chi connectivity index (χ4n) is 1.94. The van der Waals surface area contributed by atoms with E-state index in [1.807, 2.05) is 12.1 Å². The normalized spacial score (nSPS) is 20.0. The van der Waals surface area contributed by atoms with Gasteiger partial charge in [0, 0.05) is 18.1 Å². The highest BCUT2D eigenvalue weighted by Gasteiger charge is 2.17. The first-order chi connectivity index (χ1) is 7.81. The van der Waals surface area contributed by atoms with E-state index < -0.39 is 0 Å². The molecule has 1 fully saturated rings. The van der Waals surface area contributed by atoms with Crippen molar-refractivity contribution in [2.75, 3.05) is 19.8 Å². The summed E-state index contributed by atoms with van der Waals surface area (Å²) in [6, 6.07) is 6.08. The van der Waals surface area contributed by atoms with Gasteiger partial charge in [0.25, 0.3) is 0 Å². The number of halogens is 1. The fraction of sp³-hybridized carbons (Fsp3) is 0.538. The highest BCUT2D eigenvalue weighted by Crippen LogP contribution is 2.26. The average molecular weight is 241 g/mol. The molecule has 88 valence electrons. The van der Waals surface area contributed by atoms with Crippen LogP contribution in [0.2, 0.25) is 0 Å². The number of aryl methyl sites for hydroxylation is 1. The van der Waals surface area contributed by atoms with Crippen LogP contribution in [0.4, 0.5) is 0 Å². The van der Waals surface area contributed by atoms with E-state index in [0.29, 0.717) is 11.8 Å². The first-order valence-electron chi connectivity index (χ1n) is 5.66. The van der Waals surface area contributed by atoms with E-state index >= 15 is 0 Å². The van der Waals surface area contributed by atoms with E-state index in [0.717, 1.165) is 43.1 Å². The van der Waals surface area contributed by atoms with Crippen LogP contribution in [0.3, 0.4) is 0 Å². The molecule has 1 atom stereocenters. The van der Waals surface area contributed by atoms with Crippen molar-refractivity contribution in [2.24, 2.45) is 5.92 Å². The van der Waals surface area contributed by atoms with Crippen molar-refractivity contribution in [3.63, 3.8) is 0 Å². The van der Waals surface area contributed by atoms with Gasteiger partial charge in [-0.15, -0.1) is 11.6 Å². The van der Waals surface area contributed by atoms with Crippen LogP contribution in [0.15, 0.2) is 18.2 Å². The molecule has 2 rings (SSSR count). The summed E-state index contributed by atoms with van der Waals surface area (Å²) in [4.78, 5) is 0. The van der Waals surface area contributed by atoms with Gasteiger partial charge in [0.2, 0.25) is 0 Å². The summed E-state index contributed by atoms with van der Waals surface area (Å²) in [7, 11) is 0. The van der Waals surface area contributed by atoms with Gasteiger partial charge in [-0.25, -0.2) is 0 Å². The van der Waals surface area contributed by atoms with Crippen LogP contribution in [0, 0.1) is 12.8 Å². The highest BCUT2D eigenvalue weighted by molar-refractivity contribution is 6.17. The Morgan fingerprint density at radius 1 is 1.50 bits per heavy atom. The van der Waals surface area contributed by atoms with E-state index in [9.17, 15) is 0 Å². The Morgan fingerprint density at radius 3 is 3.06 bits per heavy atom. The van der Waals surface area contributed by atoms with Crippen molar-refractivity contribution in [3.8, 4) is 5.75 Å². The highest BCUT2D eigenvalue weighted by atomic mass is 35.5. The van der Waals surface area contributed by atoms with E-state index in [1.165, 1.54) is 0 Å². The number of rotatable bonds is 4. The Morgan fingerprint density at radius 2 is 2.38 bits per heavy atom. The summed E-state index contributed by atoms with van der Waals surface area (Å²) in [5.74, 6) is 1.98. The zero-order chi connectivity index (χ0) is 11.4. The van der Waals surface area contributed by atoms with Crippen LogP contribution in [-0.2, 0) is 10.6 Å². The minimum atomic E-state index is 0.498. The van der Waals surface area contributed by atoms with E-state index in [2.05, 4.69) is 13.0 Å². The van der Waals surface area contributed by atoms with E-state index in [-0.39, 0.29) is 0 Å². The Balaban J connectivity index is 2.01. The third-order valence-corrected chi connectivity index (χ3v) is 3.21. The Kier molecular flexibility index (Phi) is 4.08. The van der Waals surface area contributed by atoms with Crippen molar-refractivity contribution >= 4 is 11.6 Å². The summed E-state index contributed by atoms with van der Waals surface area (Å²) < 4.78 is 11.2. The van der Waals surface area contributed by atoms with Crippen LogP contribution in [0.1, 0.15) is 17.5 Å². The molecule has 0 aromatic heterocycles. The van der Waals surface area contributed by atoms with Crippen molar-refractivity contribution in [3.05, 3.63) is 29.3 Å². The second-order valence-electron chi connectivity index (χ2n) is 4.24. The molecule has 2 nitrogen and oxygen atoms in total. The molecule has 1 aliphatic heterocycles. The van der Waals surface area contributed by atoms with Crippen LogP contribution < -0.4 is 4.74 Å². The first kappa shape index (κ1) is 11.7. The molecule has 1 saturated heterocycles. The molecule has 1 aromatic rings. The molecule has 0 N–H and O–H groups in total. The van der Waals surface area contributed by atoms with Gasteiger partial charge in [0.05, 0.1) is 19.1 Å². The largest absolute Gasteiger partial charge is 0.493 e. The van der Waals surface area contributed by atoms with Gasteiger partial charge in [-0.2, -0.15) is 0 Å². The lowest BCUT2D eigenvalue weighted by Crippen LogP contribution is -2.13. The fourth-order valence-corrected chi connectivity index (χ4v) is 2.15. The molecular weight excluding hydrogens is 224 g/mol. The molecule has 0 amide bonds. The third-order valence-electron chi connectivity index (χ3n) is 2.92. The number of ether oxygens (including phenoxy) is 2. The van der Waals surface area contributed by atoms with Crippen molar-refractivity contribution < 1.29 is 9.47 Å². The number of para-hydroxylation sites is 1. The van der Waals surface area contributed by atoms with Gasteiger partial charge < -0.3 is 9.47 Å². The summed E-state index contributed by atoms with van der Waals surface area (Å²) in [6.07, 6.45) is 1.10. The topological polar surface area (TPSA) is 18.5 Å². The van der Waals surface area contributed by atoms with Crippen LogP contribution in [0.25, 0.3) is 0 Å². The minimum Gasteiger partial charge on any atom is -0.493 e. The smallest absolute Gasteiger partial charge is 0.126 e. The lowest BCUT2D eigenvalue weighted by Gasteiger charge is -2.15. The summed E-state index contributed by atoms with van der Waals surface area (Å²) in [5, 5.41) is 0. The van der Waals surface area contributed by atoms with Gasteiger partial charge in [-0.05, 0) is 18.9 Å². The summed E-state index contributed by atoms with van der Waals surface area (Å²) >= 11 is 5.89. The molecule has 1 heterocycles. The standard InChI is InChI=1S/C13H17ClO2/c1-10-3-2-4-12(7-14)13(10)16-9-11-5-6-15-8-11/h2-4,11H,5-9H2,1H3. The molecule has 0 bridgehead atoms. The molecule has 1 aliphatic rings. The predicted octanol–water partition coefficient (Wildman–Crippen LogP) is 3.15. The van der Waals surface area contributed by atoms with Crippen LogP contribution in [0.5, 0.6) is 5.75 Å². The first-order valence-corrected chi connectivity index (χ1v) is 6.19. The molecular formula is C13H17ClO2. The number of hydrogen-bond donors (Lipinski definition) is 0. The molecule has 1 unspecified atom stereocenters. The SMILES string of the molecule is Cc1cccc(CCl)c1OCC1CCOC1. The lowest BCUT2D eigenvalue weighted by molar-refractivity contribution is 0.166. The molecule has 16 heavy (non-hydrogen) atoms. The maximum atomic E-state index is 5.89. The second-order valence-corrected chi connectivity index (χ2v) is 4.50. The van der Waals surface area contributed by atoms with Crippen LogP contribution in [-0.4, -0.2) is 19.8 Å². The predicted molar refractivity (Wildman–Crippen MR) is 65.2 cm³/mol. The summed E-state index contributed by atoms with van der Waals surface area (Å²) in [6.45, 7) is 4.47. The van der Waals surface area contributed by atoms with E-state index in [4.69, 9.17) is 21.1 Å². The maximum Gasteiger partial charge on any atom is 0.126 e. The molecule has 0 aliphatic carbocycles. The van der Waals surface area contributed by atoms with Gasteiger partial charge in [-0.3, -0.25) is 0 Å². The van der Waals surface area contributed by atoms with Crippen molar-refractivity contribution in [2.45, 2.75) is 19.2 Å². The van der Waals surface area contributed by atoms with Gasteiger partial charge in [0.1, 0.15) is 5.75 Å². The monoisotopic (exact) mass is 240 g/mol. The molecule has 3 heteroatoms. The average Bonchev–Trinajstić information content (AvgIpc) is 2.80. The zero-order valence-corrected chi connectivity index (χ0v) is 10.3. The van der Waals surface area contributed by atoms with Gasteiger partial charge >= 0.3 is 0 Å². The van der Waals surface area contributed by atoms with Crippen molar-refractivity contribution in [1.29, 1.82) is 0 Å². The molecule has 0 saturated carbocycles. The molecule has 0 radical (unpaired) electrons. The molecule has 1 aromatic carbocycles. The number of hydrogen-bond acceptors (Lipinski definition) is 2. The summed E-state index contributed by atoms with van der Waals surface area (Å²) in [5.41, 5.74) is 2.22. The third kappa shape index (κ3) is 2.69. The number of benzene rings is 1. The van der Waals surface area contributed by atoms with Crippen LogP contribution >= 0.6 is 11.6 Å². The Hall–Kier alpha value is -0.730. The number of alkyl halides is 1. The quantitative estimate of drug-likeness (QED) is 0.753. The van der Waals surface area contributed by atoms with Gasteiger partial charge in [-0.1, -0.05) is 18.2 Å². The zero-order valence-electron chi connectivity index (χ0n) is 9.54. The minimum absolute atomic E-state index is 0.498. The second kappa shape index (κ2) is 5.55. The lowest BCUT2D eigenvalue weighted by atomic mass is 10.1. The molecule has 0 spiro atoms.